The maximum atomic E-state index is 12.4. The molecule has 1 aliphatic heterocycles. The molecule has 2 heterocycles. The van der Waals surface area contributed by atoms with E-state index in [1.807, 2.05) is 38.1 Å². The van der Waals surface area contributed by atoms with E-state index < -0.39 is 0 Å². The van der Waals surface area contributed by atoms with Crippen molar-refractivity contribution in [2.45, 2.75) is 26.8 Å². The van der Waals surface area contributed by atoms with E-state index in [-0.39, 0.29) is 5.91 Å². The van der Waals surface area contributed by atoms with E-state index in [0.29, 0.717) is 5.56 Å². The number of amides is 1. The molecule has 1 aliphatic rings. The number of anilines is 1. The standard InChI is InChI=1S/C17H19N3O/c1-11-3-6-16(12(2)19-11)20-17(21)14-5-4-13-7-8-18-10-15(13)9-14/h3-6,9,18H,7-8,10H2,1-2H3,(H,20,21). The summed E-state index contributed by atoms with van der Waals surface area (Å²) in [6.45, 7) is 5.68. The van der Waals surface area contributed by atoms with Crippen molar-refractivity contribution in [1.82, 2.24) is 10.3 Å². The van der Waals surface area contributed by atoms with Gasteiger partial charge in [-0.1, -0.05) is 6.07 Å². The maximum Gasteiger partial charge on any atom is 0.255 e. The fourth-order valence-corrected chi connectivity index (χ4v) is 2.63. The van der Waals surface area contributed by atoms with Crippen LogP contribution in [-0.4, -0.2) is 17.4 Å². The van der Waals surface area contributed by atoms with Crippen LogP contribution in [0.15, 0.2) is 30.3 Å². The first-order valence-corrected chi connectivity index (χ1v) is 7.21. The summed E-state index contributed by atoms with van der Waals surface area (Å²) in [5.41, 5.74) is 5.79. The molecule has 0 fully saturated rings. The van der Waals surface area contributed by atoms with Gasteiger partial charge in [0.05, 0.1) is 11.4 Å². The smallest absolute Gasteiger partial charge is 0.255 e. The molecule has 0 unspecified atom stereocenters. The number of pyridine rings is 1. The number of aryl methyl sites for hydroxylation is 2. The van der Waals surface area contributed by atoms with Crippen LogP contribution in [0.4, 0.5) is 5.69 Å². The van der Waals surface area contributed by atoms with Crippen LogP contribution in [0.1, 0.15) is 32.9 Å². The van der Waals surface area contributed by atoms with Crippen LogP contribution in [0.3, 0.4) is 0 Å². The highest BCUT2D eigenvalue weighted by molar-refractivity contribution is 6.04. The Bertz CT molecular complexity index is 694. The molecule has 1 amide bonds. The molecule has 1 aromatic carbocycles. The number of carbonyl (C=O) groups is 1. The van der Waals surface area contributed by atoms with Gasteiger partial charge in [-0.25, -0.2) is 0 Å². The summed E-state index contributed by atoms with van der Waals surface area (Å²) in [5.74, 6) is -0.0860. The van der Waals surface area contributed by atoms with Gasteiger partial charge < -0.3 is 10.6 Å². The molecule has 3 rings (SSSR count). The van der Waals surface area contributed by atoms with Gasteiger partial charge in [-0.05, 0) is 62.2 Å². The monoisotopic (exact) mass is 281 g/mol. The molecule has 0 aliphatic carbocycles. The Labute approximate surface area is 124 Å². The predicted molar refractivity (Wildman–Crippen MR) is 83.5 cm³/mol. The molecule has 0 saturated carbocycles. The Morgan fingerprint density at radius 1 is 1.19 bits per heavy atom. The number of hydrogen-bond donors (Lipinski definition) is 2. The Morgan fingerprint density at radius 2 is 2.05 bits per heavy atom. The van der Waals surface area contributed by atoms with Crippen molar-refractivity contribution < 1.29 is 4.79 Å². The van der Waals surface area contributed by atoms with Crippen LogP contribution in [0.2, 0.25) is 0 Å². The third-order valence-corrected chi connectivity index (χ3v) is 3.83. The summed E-state index contributed by atoms with van der Waals surface area (Å²) >= 11 is 0. The maximum absolute atomic E-state index is 12.4. The zero-order valence-corrected chi connectivity index (χ0v) is 12.4. The minimum atomic E-state index is -0.0860. The van der Waals surface area contributed by atoms with Crippen LogP contribution in [0.5, 0.6) is 0 Å². The van der Waals surface area contributed by atoms with Crippen LogP contribution >= 0.6 is 0 Å². The van der Waals surface area contributed by atoms with Gasteiger partial charge in [0.25, 0.3) is 5.91 Å². The zero-order valence-electron chi connectivity index (χ0n) is 12.4. The van der Waals surface area contributed by atoms with Crippen molar-refractivity contribution in [2.75, 3.05) is 11.9 Å². The molecule has 0 bridgehead atoms. The van der Waals surface area contributed by atoms with Gasteiger partial charge in [0.2, 0.25) is 0 Å². The van der Waals surface area contributed by atoms with E-state index in [1.165, 1.54) is 11.1 Å². The molecule has 2 N–H and O–H groups in total. The second-order valence-corrected chi connectivity index (χ2v) is 5.45. The summed E-state index contributed by atoms with van der Waals surface area (Å²) < 4.78 is 0. The van der Waals surface area contributed by atoms with Crippen molar-refractivity contribution >= 4 is 11.6 Å². The average Bonchev–Trinajstić information content (AvgIpc) is 2.49. The van der Waals surface area contributed by atoms with Gasteiger partial charge >= 0.3 is 0 Å². The second kappa shape index (κ2) is 5.66. The molecular formula is C17H19N3O. The van der Waals surface area contributed by atoms with Crippen molar-refractivity contribution in [3.63, 3.8) is 0 Å². The van der Waals surface area contributed by atoms with E-state index in [9.17, 15) is 4.79 Å². The lowest BCUT2D eigenvalue weighted by molar-refractivity contribution is 0.102. The Balaban J connectivity index is 1.82. The van der Waals surface area contributed by atoms with E-state index in [1.54, 1.807) is 0 Å². The third-order valence-electron chi connectivity index (χ3n) is 3.83. The van der Waals surface area contributed by atoms with Gasteiger partial charge in [0.1, 0.15) is 0 Å². The lowest BCUT2D eigenvalue weighted by Gasteiger charge is -2.17. The first-order valence-electron chi connectivity index (χ1n) is 7.21. The van der Waals surface area contributed by atoms with Crippen molar-refractivity contribution in [3.8, 4) is 0 Å². The van der Waals surface area contributed by atoms with Crippen molar-refractivity contribution in [1.29, 1.82) is 0 Å². The van der Waals surface area contributed by atoms with Gasteiger partial charge in [0, 0.05) is 17.8 Å². The Morgan fingerprint density at radius 3 is 2.86 bits per heavy atom. The number of fused-ring (bicyclic) bond motifs is 1. The number of benzene rings is 1. The molecule has 0 radical (unpaired) electrons. The molecule has 2 aromatic rings. The van der Waals surface area contributed by atoms with Crippen LogP contribution in [0, 0.1) is 13.8 Å². The highest BCUT2D eigenvalue weighted by atomic mass is 16.1. The average molecular weight is 281 g/mol. The fraction of sp³-hybridized carbons (Fsp3) is 0.294. The Hall–Kier alpha value is -2.20. The zero-order chi connectivity index (χ0) is 14.8. The first kappa shape index (κ1) is 13.8. The number of hydrogen-bond acceptors (Lipinski definition) is 3. The summed E-state index contributed by atoms with van der Waals surface area (Å²) in [7, 11) is 0. The van der Waals surface area contributed by atoms with Gasteiger partial charge in [-0.3, -0.25) is 9.78 Å². The highest BCUT2D eigenvalue weighted by Gasteiger charge is 2.13. The minimum absolute atomic E-state index is 0.0860. The van der Waals surface area contributed by atoms with E-state index in [4.69, 9.17) is 0 Å². The van der Waals surface area contributed by atoms with E-state index in [0.717, 1.165) is 36.6 Å². The van der Waals surface area contributed by atoms with E-state index in [2.05, 4.69) is 21.7 Å². The molecule has 0 saturated heterocycles. The second-order valence-electron chi connectivity index (χ2n) is 5.45. The van der Waals surface area contributed by atoms with Crippen LogP contribution < -0.4 is 10.6 Å². The summed E-state index contributed by atoms with van der Waals surface area (Å²) in [6.07, 6.45) is 1.03. The normalized spacial score (nSPS) is 13.6. The van der Waals surface area contributed by atoms with Gasteiger partial charge in [-0.2, -0.15) is 0 Å². The highest BCUT2D eigenvalue weighted by Crippen LogP contribution is 2.18. The molecule has 0 atom stereocenters. The minimum Gasteiger partial charge on any atom is -0.320 e. The number of carbonyl (C=O) groups excluding carboxylic acids is 1. The fourth-order valence-electron chi connectivity index (χ4n) is 2.63. The topological polar surface area (TPSA) is 54.0 Å². The Kier molecular flexibility index (Phi) is 3.71. The van der Waals surface area contributed by atoms with E-state index >= 15 is 0 Å². The van der Waals surface area contributed by atoms with Crippen LogP contribution in [0.25, 0.3) is 0 Å². The number of rotatable bonds is 2. The van der Waals surface area contributed by atoms with Crippen molar-refractivity contribution in [3.05, 3.63) is 58.4 Å². The molecule has 4 nitrogen and oxygen atoms in total. The van der Waals surface area contributed by atoms with Crippen LogP contribution in [-0.2, 0) is 13.0 Å². The lowest BCUT2D eigenvalue weighted by Crippen LogP contribution is -2.24. The number of nitrogens with one attached hydrogen (secondary N) is 2. The molecule has 4 heteroatoms. The lowest BCUT2D eigenvalue weighted by atomic mass is 9.98. The molecular weight excluding hydrogens is 262 g/mol. The summed E-state index contributed by atoms with van der Waals surface area (Å²) in [6, 6.07) is 9.74. The molecule has 108 valence electrons. The SMILES string of the molecule is Cc1ccc(NC(=O)c2ccc3c(c2)CNCC3)c(C)n1. The predicted octanol–water partition coefficient (Wildman–Crippen LogP) is 2.60. The van der Waals surface area contributed by atoms with Gasteiger partial charge in [-0.15, -0.1) is 0 Å². The summed E-state index contributed by atoms with van der Waals surface area (Å²) in [4.78, 5) is 16.7. The summed E-state index contributed by atoms with van der Waals surface area (Å²) in [5, 5.41) is 6.27. The van der Waals surface area contributed by atoms with Gasteiger partial charge in [0.15, 0.2) is 0 Å². The third kappa shape index (κ3) is 2.95. The van der Waals surface area contributed by atoms with Crippen molar-refractivity contribution in [2.24, 2.45) is 0 Å². The number of aromatic nitrogens is 1. The number of nitrogens with zero attached hydrogens (tertiary/aromatic N) is 1. The molecule has 1 aromatic heterocycles. The quantitative estimate of drug-likeness (QED) is 0.889. The molecule has 21 heavy (non-hydrogen) atoms. The molecule has 0 spiro atoms. The first-order chi connectivity index (χ1) is 10.1. The largest absolute Gasteiger partial charge is 0.320 e.